The SMILES string of the molecule is CCOC(=O)c1oc2ccc(S(=O)(=O)NC3CCCNC3C)cc2c1C.Cl. The van der Waals surface area contributed by atoms with E-state index in [-0.39, 0.29) is 41.8 Å². The Bertz CT molecular complexity index is 925. The van der Waals surface area contributed by atoms with E-state index in [1.807, 2.05) is 6.92 Å². The molecule has 0 amide bonds. The predicted molar refractivity (Wildman–Crippen MR) is 105 cm³/mol. The number of esters is 1. The Balaban J connectivity index is 0.00000261. The first-order valence-electron chi connectivity index (χ1n) is 8.79. The minimum absolute atomic E-state index is 0. The van der Waals surface area contributed by atoms with Crippen molar-refractivity contribution in [1.29, 1.82) is 0 Å². The minimum atomic E-state index is -3.67. The van der Waals surface area contributed by atoms with Gasteiger partial charge in [-0.2, -0.15) is 0 Å². The van der Waals surface area contributed by atoms with Crippen LogP contribution in [0, 0.1) is 6.92 Å². The van der Waals surface area contributed by atoms with Crippen molar-refractivity contribution < 1.29 is 22.4 Å². The van der Waals surface area contributed by atoms with Gasteiger partial charge in [-0.1, -0.05) is 0 Å². The number of aryl methyl sites for hydroxylation is 1. The van der Waals surface area contributed by atoms with Crippen molar-refractivity contribution in [3.63, 3.8) is 0 Å². The molecular weight excluding hydrogens is 392 g/mol. The molecule has 1 saturated heterocycles. The van der Waals surface area contributed by atoms with Gasteiger partial charge in [-0.05, 0) is 58.4 Å². The number of piperidine rings is 1. The standard InChI is InChI=1S/C18H24N2O5S.ClH/c1-4-24-18(21)17-11(2)14-10-13(7-8-16(14)25-17)26(22,23)20-15-6-5-9-19-12(15)3;/h7-8,10,12,15,19-20H,4-6,9H2,1-3H3;1H. The van der Waals surface area contributed by atoms with Crippen LogP contribution in [0.3, 0.4) is 0 Å². The highest BCUT2D eigenvalue weighted by Crippen LogP contribution is 2.28. The highest BCUT2D eigenvalue weighted by molar-refractivity contribution is 7.89. The number of carbonyl (C=O) groups is 1. The van der Waals surface area contributed by atoms with E-state index >= 15 is 0 Å². The van der Waals surface area contributed by atoms with E-state index in [0.29, 0.717) is 16.5 Å². The maximum Gasteiger partial charge on any atom is 0.374 e. The van der Waals surface area contributed by atoms with Gasteiger partial charge in [-0.15, -0.1) is 12.4 Å². The molecule has 0 bridgehead atoms. The summed E-state index contributed by atoms with van der Waals surface area (Å²) in [6, 6.07) is 4.53. The Morgan fingerprint density at radius 1 is 1.41 bits per heavy atom. The first-order chi connectivity index (χ1) is 12.3. The van der Waals surface area contributed by atoms with Crippen LogP contribution in [0.2, 0.25) is 0 Å². The van der Waals surface area contributed by atoms with Crippen molar-refractivity contribution in [1.82, 2.24) is 10.0 Å². The topological polar surface area (TPSA) is 97.6 Å². The normalized spacial score (nSPS) is 20.3. The number of hydrogen-bond donors (Lipinski definition) is 2. The fourth-order valence-electron chi connectivity index (χ4n) is 3.23. The van der Waals surface area contributed by atoms with Gasteiger partial charge in [0.1, 0.15) is 5.58 Å². The zero-order chi connectivity index (χ0) is 18.9. The second-order valence-electron chi connectivity index (χ2n) is 6.55. The van der Waals surface area contributed by atoms with Crippen LogP contribution in [0.5, 0.6) is 0 Å². The molecule has 3 rings (SSSR count). The second kappa shape index (κ2) is 8.60. The van der Waals surface area contributed by atoms with Crippen LogP contribution in [-0.2, 0) is 14.8 Å². The number of rotatable bonds is 5. The number of hydrogen-bond acceptors (Lipinski definition) is 6. The third-order valence-electron chi connectivity index (χ3n) is 4.75. The lowest BCUT2D eigenvalue weighted by molar-refractivity contribution is 0.0491. The summed E-state index contributed by atoms with van der Waals surface area (Å²) < 4.78 is 38.9. The molecule has 2 atom stereocenters. The van der Waals surface area contributed by atoms with Gasteiger partial charge in [0, 0.05) is 23.0 Å². The van der Waals surface area contributed by atoms with E-state index in [9.17, 15) is 13.2 Å². The number of nitrogens with one attached hydrogen (secondary N) is 2. The molecule has 0 spiro atoms. The van der Waals surface area contributed by atoms with Crippen LogP contribution >= 0.6 is 12.4 Å². The number of benzene rings is 1. The lowest BCUT2D eigenvalue weighted by atomic mass is 10.0. The van der Waals surface area contributed by atoms with Gasteiger partial charge in [0.05, 0.1) is 11.5 Å². The number of ether oxygens (including phenoxy) is 1. The van der Waals surface area contributed by atoms with Crippen LogP contribution in [0.25, 0.3) is 11.0 Å². The molecule has 7 nitrogen and oxygen atoms in total. The van der Waals surface area contributed by atoms with Crippen LogP contribution in [0.1, 0.15) is 42.8 Å². The van der Waals surface area contributed by atoms with Crippen molar-refractivity contribution in [3.8, 4) is 0 Å². The molecule has 2 unspecified atom stereocenters. The maximum atomic E-state index is 12.8. The van der Waals surface area contributed by atoms with Crippen LogP contribution in [0.15, 0.2) is 27.5 Å². The maximum absolute atomic E-state index is 12.8. The Morgan fingerprint density at radius 3 is 2.81 bits per heavy atom. The van der Waals surface area contributed by atoms with E-state index in [1.165, 1.54) is 6.07 Å². The highest BCUT2D eigenvalue weighted by atomic mass is 35.5. The smallest absolute Gasteiger partial charge is 0.374 e. The molecule has 27 heavy (non-hydrogen) atoms. The molecule has 1 aromatic heterocycles. The number of sulfonamides is 1. The van der Waals surface area contributed by atoms with Gasteiger partial charge >= 0.3 is 5.97 Å². The molecule has 2 aromatic rings. The third kappa shape index (κ3) is 4.45. The molecule has 0 aliphatic carbocycles. The van der Waals surface area contributed by atoms with Gasteiger partial charge in [-0.25, -0.2) is 17.9 Å². The Hall–Kier alpha value is -1.61. The summed E-state index contributed by atoms with van der Waals surface area (Å²) in [5.41, 5.74) is 1.03. The number of furan rings is 1. The second-order valence-corrected chi connectivity index (χ2v) is 8.26. The summed E-state index contributed by atoms with van der Waals surface area (Å²) >= 11 is 0. The molecule has 9 heteroatoms. The first-order valence-corrected chi connectivity index (χ1v) is 10.3. The average molecular weight is 417 g/mol. The highest BCUT2D eigenvalue weighted by Gasteiger charge is 2.27. The molecule has 1 aliphatic rings. The molecule has 0 saturated carbocycles. The van der Waals surface area contributed by atoms with Crippen molar-refractivity contribution in [3.05, 3.63) is 29.5 Å². The third-order valence-corrected chi connectivity index (χ3v) is 6.23. The quantitative estimate of drug-likeness (QED) is 0.727. The van der Waals surface area contributed by atoms with Gasteiger partial charge in [0.2, 0.25) is 15.8 Å². The van der Waals surface area contributed by atoms with Crippen molar-refractivity contribution >= 4 is 39.4 Å². The van der Waals surface area contributed by atoms with E-state index in [0.717, 1.165) is 19.4 Å². The van der Waals surface area contributed by atoms with Crippen LogP contribution in [-0.4, -0.2) is 39.6 Å². The van der Waals surface area contributed by atoms with Crippen molar-refractivity contribution in [2.75, 3.05) is 13.2 Å². The van der Waals surface area contributed by atoms with Gasteiger partial charge in [0.15, 0.2) is 0 Å². The van der Waals surface area contributed by atoms with Crippen molar-refractivity contribution in [2.24, 2.45) is 0 Å². The Labute approximate surface area is 165 Å². The molecule has 1 aliphatic heterocycles. The van der Waals surface area contributed by atoms with Gasteiger partial charge < -0.3 is 14.5 Å². The summed E-state index contributed by atoms with van der Waals surface area (Å²) in [6.07, 6.45) is 1.73. The summed E-state index contributed by atoms with van der Waals surface area (Å²) in [6.45, 7) is 6.55. The first kappa shape index (κ1) is 21.7. The fraction of sp³-hybridized carbons (Fsp3) is 0.500. The molecule has 0 radical (unpaired) electrons. The molecule has 150 valence electrons. The van der Waals surface area contributed by atoms with Crippen LogP contribution in [0.4, 0.5) is 0 Å². The summed E-state index contributed by atoms with van der Waals surface area (Å²) in [5.74, 6) is -0.444. The van der Waals surface area contributed by atoms with E-state index < -0.39 is 16.0 Å². The average Bonchev–Trinajstić information content (AvgIpc) is 2.93. The monoisotopic (exact) mass is 416 g/mol. The zero-order valence-corrected chi connectivity index (χ0v) is 17.2. The summed E-state index contributed by atoms with van der Waals surface area (Å²) in [7, 11) is -3.67. The fourth-order valence-corrected chi connectivity index (χ4v) is 4.61. The lowest BCUT2D eigenvalue weighted by Gasteiger charge is -2.30. The zero-order valence-electron chi connectivity index (χ0n) is 15.6. The molecule has 1 fully saturated rings. The minimum Gasteiger partial charge on any atom is -0.460 e. The Morgan fingerprint density at radius 2 is 2.15 bits per heavy atom. The van der Waals surface area contributed by atoms with Crippen LogP contribution < -0.4 is 10.0 Å². The summed E-state index contributed by atoms with van der Waals surface area (Å²) in [5, 5.41) is 3.87. The Kier molecular flexibility index (Phi) is 6.91. The summed E-state index contributed by atoms with van der Waals surface area (Å²) in [4.78, 5) is 12.1. The molecule has 1 aromatic carbocycles. The van der Waals surface area contributed by atoms with E-state index in [4.69, 9.17) is 9.15 Å². The van der Waals surface area contributed by atoms with Crippen molar-refractivity contribution in [2.45, 2.75) is 50.6 Å². The number of carbonyl (C=O) groups excluding carboxylic acids is 1. The lowest BCUT2D eigenvalue weighted by Crippen LogP contribution is -2.51. The van der Waals surface area contributed by atoms with E-state index in [1.54, 1.807) is 26.0 Å². The number of halogens is 1. The predicted octanol–water partition coefficient (Wildman–Crippen LogP) is 2.76. The number of fused-ring (bicyclic) bond motifs is 1. The molecular formula is C18H25ClN2O5S. The van der Waals surface area contributed by atoms with Gasteiger partial charge in [0.25, 0.3) is 0 Å². The largest absolute Gasteiger partial charge is 0.460 e. The molecule has 2 heterocycles. The van der Waals surface area contributed by atoms with E-state index in [2.05, 4.69) is 10.0 Å². The van der Waals surface area contributed by atoms with Gasteiger partial charge in [-0.3, -0.25) is 0 Å². The molecule has 2 N–H and O–H groups in total.